The van der Waals surface area contributed by atoms with E-state index >= 15 is 0 Å². The van der Waals surface area contributed by atoms with Gasteiger partial charge in [0.05, 0.1) is 6.20 Å². The first-order chi connectivity index (χ1) is 12.5. The molecule has 1 fully saturated rings. The molecule has 26 heavy (non-hydrogen) atoms. The Morgan fingerprint density at radius 2 is 2.12 bits per heavy atom. The lowest BCUT2D eigenvalue weighted by molar-refractivity contribution is 0.0835. The van der Waals surface area contributed by atoms with Gasteiger partial charge in [-0.1, -0.05) is 41.7 Å². The van der Waals surface area contributed by atoms with Crippen LogP contribution in [0.3, 0.4) is 0 Å². The van der Waals surface area contributed by atoms with Crippen LogP contribution in [0.5, 0.6) is 0 Å². The highest BCUT2D eigenvalue weighted by atomic mass is 32.1. The summed E-state index contributed by atoms with van der Waals surface area (Å²) in [7, 11) is 0. The number of nitrogens with one attached hydrogen (secondary N) is 1. The van der Waals surface area contributed by atoms with Gasteiger partial charge >= 0.3 is 6.09 Å². The summed E-state index contributed by atoms with van der Waals surface area (Å²) >= 11 is 1.16. The molecular formula is C18H22N4O3S. The van der Waals surface area contributed by atoms with E-state index in [1.54, 1.807) is 0 Å². The predicted octanol–water partition coefficient (Wildman–Crippen LogP) is 2.46. The van der Waals surface area contributed by atoms with E-state index in [0.29, 0.717) is 29.5 Å². The van der Waals surface area contributed by atoms with Gasteiger partial charge in [0.25, 0.3) is 5.91 Å². The number of carbonyl (C=O) groups excluding carboxylic acids is 1. The second-order valence-electron chi connectivity index (χ2n) is 6.48. The highest BCUT2D eigenvalue weighted by Gasteiger charge is 2.31. The van der Waals surface area contributed by atoms with Gasteiger partial charge in [0.15, 0.2) is 5.13 Å². The number of rotatable bonds is 5. The molecule has 1 aliphatic rings. The summed E-state index contributed by atoms with van der Waals surface area (Å²) in [4.78, 5) is 29.6. The van der Waals surface area contributed by atoms with Crippen molar-refractivity contribution in [2.75, 3.05) is 18.8 Å². The lowest BCUT2D eigenvalue weighted by atomic mass is 9.87. The second-order valence-corrected chi connectivity index (χ2v) is 7.54. The zero-order chi connectivity index (χ0) is 18.5. The minimum Gasteiger partial charge on any atom is -0.465 e. The van der Waals surface area contributed by atoms with Gasteiger partial charge in [-0.05, 0) is 30.7 Å². The lowest BCUT2D eigenvalue weighted by Gasteiger charge is -2.38. The molecule has 4 N–H and O–H groups in total. The zero-order valence-corrected chi connectivity index (χ0v) is 15.1. The Morgan fingerprint density at radius 3 is 2.77 bits per heavy atom. The number of aromatic nitrogens is 1. The number of thiazole rings is 1. The molecule has 3 rings (SSSR count). The van der Waals surface area contributed by atoms with Crippen LogP contribution < -0.4 is 11.1 Å². The van der Waals surface area contributed by atoms with Crippen LogP contribution in [0.25, 0.3) is 0 Å². The summed E-state index contributed by atoms with van der Waals surface area (Å²) in [5.41, 5.74) is 6.68. The van der Waals surface area contributed by atoms with Gasteiger partial charge in [-0.25, -0.2) is 9.78 Å². The Hall–Kier alpha value is -2.61. The average molecular weight is 374 g/mol. The Morgan fingerprint density at radius 1 is 1.35 bits per heavy atom. The number of hydrogen-bond acceptors (Lipinski definition) is 5. The minimum absolute atomic E-state index is 0.0791. The van der Waals surface area contributed by atoms with Crippen molar-refractivity contribution in [1.29, 1.82) is 0 Å². The van der Waals surface area contributed by atoms with Crippen LogP contribution in [0, 0.1) is 5.92 Å². The van der Waals surface area contributed by atoms with E-state index in [1.165, 1.54) is 11.1 Å². The van der Waals surface area contributed by atoms with Gasteiger partial charge in [-0.3, -0.25) is 4.79 Å². The van der Waals surface area contributed by atoms with Crippen molar-refractivity contribution in [3.63, 3.8) is 0 Å². The molecule has 1 saturated heterocycles. The number of benzene rings is 1. The first-order valence-corrected chi connectivity index (χ1v) is 9.37. The summed E-state index contributed by atoms with van der Waals surface area (Å²) in [6.45, 7) is 1.01. The van der Waals surface area contributed by atoms with Gasteiger partial charge in [-0.2, -0.15) is 0 Å². The standard InChI is InChI=1S/C18H22N4O3S/c19-17-21-11-15(26-17)16(23)20-10-13-6-7-22(18(24)25)14(9-13)8-12-4-2-1-3-5-12/h1-5,11,13-14H,6-10H2,(H2,19,21)(H,20,23)(H,24,25). The van der Waals surface area contributed by atoms with Gasteiger partial charge in [0.1, 0.15) is 4.88 Å². The van der Waals surface area contributed by atoms with Gasteiger partial charge in [0.2, 0.25) is 0 Å². The highest BCUT2D eigenvalue weighted by molar-refractivity contribution is 7.17. The molecule has 8 heteroatoms. The van der Waals surface area contributed by atoms with Crippen LogP contribution in [0.4, 0.5) is 9.93 Å². The minimum atomic E-state index is -0.881. The van der Waals surface area contributed by atoms with Crippen LogP contribution >= 0.6 is 11.3 Å². The van der Waals surface area contributed by atoms with E-state index in [0.717, 1.165) is 29.7 Å². The maximum Gasteiger partial charge on any atom is 0.407 e. The van der Waals surface area contributed by atoms with Crippen molar-refractivity contribution >= 4 is 28.5 Å². The summed E-state index contributed by atoms with van der Waals surface area (Å²) < 4.78 is 0. The van der Waals surface area contributed by atoms with Crippen molar-refractivity contribution in [3.8, 4) is 0 Å². The zero-order valence-electron chi connectivity index (χ0n) is 14.3. The molecule has 2 unspecified atom stereocenters. The summed E-state index contributed by atoms with van der Waals surface area (Å²) in [5, 5.41) is 12.8. The number of carboxylic acid groups (broad SMARTS) is 1. The molecule has 0 radical (unpaired) electrons. The largest absolute Gasteiger partial charge is 0.465 e. The number of nitrogens with two attached hydrogens (primary N) is 1. The summed E-state index contributed by atoms with van der Waals surface area (Å²) in [5.74, 6) is 0.0630. The third kappa shape index (κ3) is 4.51. The monoisotopic (exact) mass is 374 g/mol. The lowest BCUT2D eigenvalue weighted by Crippen LogP contribution is -2.48. The smallest absolute Gasteiger partial charge is 0.407 e. The SMILES string of the molecule is Nc1ncc(C(=O)NCC2CCN(C(=O)O)C(Cc3ccccc3)C2)s1. The molecule has 0 bridgehead atoms. The number of hydrogen-bond donors (Lipinski definition) is 3. The van der Waals surface area contributed by atoms with Crippen LogP contribution in [-0.2, 0) is 6.42 Å². The Labute approximate surface area is 155 Å². The maximum atomic E-state index is 12.1. The first-order valence-electron chi connectivity index (χ1n) is 8.56. The van der Waals surface area contributed by atoms with Crippen molar-refractivity contribution in [3.05, 3.63) is 47.0 Å². The molecule has 2 amide bonds. The Kier molecular flexibility index (Phi) is 5.72. The molecule has 1 aliphatic heterocycles. The number of likely N-dealkylation sites (tertiary alicyclic amines) is 1. The molecule has 0 saturated carbocycles. The molecule has 138 valence electrons. The number of amides is 2. The molecule has 2 heterocycles. The summed E-state index contributed by atoms with van der Waals surface area (Å²) in [6.07, 6.45) is 2.74. The molecule has 7 nitrogen and oxygen atoms in total. The quantitative estimate of drug-likeness (QED) is 0.745. The Bertz CT molecular complexity index is 765. The van der Waals surface area contributed by atoms with Crippen LogP contribution in [0.15, 0.2) is 36.5 Å². The predicted molar refractivity (Wildman–Crippen MR) is 100 cm³/mol. The maximum absolute atomic E-state index is 12.1. The molecule has 2 atom stereocenters. The van der Waals surface area contributed by atoms with Crippen LogP contribution in [0.1, 0.15) is 28.1 Å². The molecule has 1 aromatic heterocycles. The molecule has 0 aliphatic carbocycles. The van der Waals surface area contributed by atoms with E-state index in [9.17, 15) is 14.7 Å². The van der Waals surface area contributed by atoms with Crippen molar-refractivity contribution in [1.82, 2.24) is 15.2 Å². The van der Waals surface area contributed by atoms with Crippen LogP contribution in [-0.4, -0.2) is 46.1 Å². The van der Waals surface area contributed by atoms with E-state index in [1.807, 2.05) is 30.3 Å². The fourth-order valence-corrected chi connectivity index (χ4v) is 3.97. The number of piperidine rings is 1. The van der Waals surface area contributed by atoms with Crippen molar-refractivity contribution in [2.45, 2.75) is 25.3 Å². The normalized spacial score (nSPS) is 19.9. The van der Waals surface area contributed by atoms with E-state index in [4.69, 9.17) is 5.73 Å². The molecule has 0 spiro atoms. The fourth-order valence-electron chi connectivity index (χ4n) is 3.37. The number of anilines is 1. The summed E-state index contributed by atoms with van der Waals surface area (Å²) in [6, 6.07) is 9.82. The molecular weight excluding hydrogens is 352 g/mol. The third-order valence-corrected chi connectivity index (χ3v) is 5.51. The number of nitrogen functional groups attached to an aromatic ring is 1. The van der Waals surface area contributed by atoms with Gasteiger partial charge in [-0.15, -0.1) is 0 Å². The highest BCUT2D eigenvalue weighted by Crippen LogP contribution is 2.25. The van der Waals surface area contributed by atoms with E-state index in [2.05, 4.69) is 10.3 Å². The van der Waals surface area contributed by atoms with Crippen LogP contribution in [0.2, 0.25) is 0 Å². The van der Waals surface area contributed by atoms with Crippen molar-refractivity contribution in [2.24, 2.45) is 5.92 Å². The topological polar surface area (TPSA) is 109 Å². The first kappa shape index (κ1) is 18.2. The van der Waals surface area contributed by atoms with Gasteiger partial charge in [0, 0.05) is 19.1 Å². The van der Waals surface area contributed by atoms with E-state index in [-0.39, 0.29) is 17.9 Å². The van der Waals surface area contributed by atoms with Crippen molar-refractivity contribution < 1.29 is 14.7 Å². The molecule has 1 aromatic carbocycles. The fraction of sp³-hybridized carbons (Fsp3) is 0.389. The third-order valence-electron chi connectivity index (χ3n) is 4.68. The number of nitrogens with zero attached hydrogens (tertiary/aromatic N) is 2. The average Bonchev–Trinajstić information content (AvgIpc) is 3.07. The Balaban J connectivity index is 1.59. The second kappa shape index (κ2) is 8.18. The number of carbonyl (C=O) groups is 2. The van der Waals surface area contributed by atoms with E-state index < -0.39 is 6.09 Å². The molecule has 2 aromatic rings. The van der Waals surface area contributed by atoms with Gasteiger partial charge < -0.3 is 21.1 Å².